The van der Waals surface area contributed by atoms with Crippen molar-refractivity contribution in [3.63, 3.8) is 0 Å². The molecule has 0 bridgehead atoms. The van der Waals surface area contributed by atoms with E-state index in [-0.39, 0.29) is 0 Å². The second kappa shape index (κ2) is 6.10. The molecule has 0 fully saturated rings. The molecule has 5 nitrogen and oxygen atoms in total. The van der Waals surface area contributed by atoms with Crippen molar-refractivity contribution in [1.29, 1.82) is 0 Å². The molecule has 21 heavy (non-hydrogen) atoms. The minimum Gasteiger partial charge on any atom is -0.481 e. The zero-order valence-electron chi connectivity index (χ0n) is 11.7. The summed E-state index contributed by atoms with van der Waals surface area (Å²) < 4.78 is 7.33. The largest absolute Gasteiger partial charge is 0.481 e. The highest BCUT2D eigenvalue weighted by atomic mass is 35.5. The van der Waals surface area contributed by atoms with E-state index in [2.05, 4.69) is 19.5 Å². The van der Waals surface area contributed by atoms with Crippen LogP contribution in [0.3, 0.4) is 0 Å². The summed E-state index contributed by atoms with van der Waals surface area (Å²) in [7, 11) is 1.61. The van der Waals surface area contributed by atoms with Crippen molar-refractivity contribution < 1.29 is 4.74 Å². The van der Waals surface area contributed by atoms with E-state index in [1.54, 1.807) is 25.7 Å². The molecule has 6 heteroatoms. The summed E-state index contributed by atoms with van der Waals surface area (Å²) in [5.74, 6) is 2.11. The number of ether oxygens (including phenoxy) is 1. The average molecular weight is 303 g/mol. The van der Waals surface area contributed by atoms with Gasteiger partial charge in [-0.15, -0.1) is 11.6 Å². The van der Waals surface area contributed by atoms with Crippen LogP contribution in [0.15, 0.2) is 36.8 Å². The van der Waals surface area contributed by atoms with Gasteiger partial charge < -0.3 is 9.30 Å². The van der Waals surface area contributed by atoms with Gasteiger partial charge in [0.25, 0.3) is 0 Å². The lowest BCUT2D eigenvalue weighted by atomic mass is 10.2. The van der Waals surface area contributed by atoms with Crippen LogP contribution in [0.2, 0.25) is 0 Å². The number of pyridine rings is 2. The zero-order valence-corrected chi connectivity index (χ0v) is 12.4. The van der Waals surface area contributed by atoms with Crippen LogP contribution in [0, 0.1) is 0 Å². The first-order valence-electron chi connectivity index (χ1n) is 6.66. The molecular weight excluding hydrogens is 288 g/mol. The maximum absolute atomic E-state index is 5.89. The maximum atomic E-state index is 5.89. The first-order valence-corrected chi connectivity index (χ1v) is 7.19. The Kier molecular flexibility index (Phi) is 4.01. The van der Waals surface area contributed by atoms with Crippen LogP contribution in [0.5, 0.6) is 5.88 Å². The third kappa shape index (κ3) is 2.83. The highest BCUT2D eigenvalue weighted by Gasteiger charge is 2.11. The SMILES string of the molecule is COc1cc(Cn2c(CCCl)nc3cnccc32)ccn1. The van der Waals surface area contributed by atoms with E-state index in [9.17, 15) is 0 Å². The summed E-state index contributed by atoms with van der Waals surface area (Å²) in [4.78, 5) is 12.9. The van der Waals surface area contributed by atoms with E-state index < -0.39 is 0 Å². The summed E-state index contributed by atoms with van der Waals surface area (Å²) in [6.45, 7) is 0.700. The molecular formula is C15H15ClN4O. The molecule has 0 aromatic carbocycles. The average Bonchev–Trinajstić information content (AvgIpc) is 2.86. The van der Waals surface area contributed by atoms with Crippen LogP contribution >= 0.6 is 11.6 Å². The van der Waals surface area contributed by atoms with Crippen LogP contribution in [0.25, 0.3) is 11.0 Å². The number of imidazole rings is 1. The molecule has 0 atom stereocenters. The molecule has 3 aromatic rings. The lowest BCUT2D eigenvalue weighted by Crippen LogP contribution is -2.06. The van der Waals surface area contributed by atoms with Crippen molar-refractivity contribution >= 4 is 22.6 Å². The summed E-state index contributed by atoms with van der Waals surface area (Å²) in [6, 6.07) is 5.87. The molecule has 3 heterocycles. The van der Waals surface area contributed by atoms with E-state index in [1.807, 2.05) is 18.2 Å². The number of hydrogen-bond acceptors (Lipinski definition) is 4. The molecule has 0 spiro atoms. The Morgan fingerprint density at radius 3 is 3.00 bits per heavy atom. The molecule has 0 radical (unpaired) electrons. The molecule has 0 aliphatic heterocycles. The highest BCUT2D eigenvalue weighted by molar-refractivity contribution is 6.17. The fourth-order valence-electron chi connectivity index (χ4n) is 2.33. The predicted octanol–water partition coefficient (Wildman–Crippen LogP) is 2.66. The molecule has 0 N–H and O–H groups in total. The molecule has 0 unspecified atom stereocenters. The smallest absolute Gasteiger partial charge is 0.213 e. The van der Waals surface area contributed by atoms with Gasteiger partial charge in [0.15, 0.2) is 0 Å². The summed E-state index contributed by atoms with van der Waals surface area (Å²) in [5, 5.41) is 0. The van der Waals surface area contributed by atoms with Crippen LogP contribution in [-0.2, 0) is 13.0 Å². The molecule has 0 saturated carbocycles. The second-order valence-corrected chi connectivity index (χ2v) is 5.00. The van der Waals surface area contributed by atoms with Gasteiger partial charge in [0.2, 0.25) is 5.88 Å². The number of halogens is 1. The molecule has 3 rings (SSSR count). The second-order valence-electron chi connectivity index (χ2n) is 4.62. The van der Waals surface area contributed by atoms with Gasteiger partial charge in [0.05, 0.1) is 18.8 Å². The minimum absolute atomic E-state index is 0.538. The molecule has 3 aromatic heterocycles. The normalized spacial score (nSPS) is 11.0. The van der Waals surface area contributed by atoms with E-state index in [0.29, 0.717) is 18.3 Å². The Hall–Kier alpha value is -2.14. The number of fused-ring (bicyclic) bond motifs is 1. The van der Waals surface area contributed by atoms with Gasteiger partial charge >= 0.3 is 0 Å². The summed E-state index contributed by atoms with van der Waals surface area (Å²) in [6.07, 6.45) is 6.02. The Labute approximate surface area is 127 Å². The summed E-state index contributed by atoms with van der Waals surface area (Å²) in [5.41, 5.74) is 3.05. The number of aryl methyl sites for hydroxylation is 1. The standard InChI is InChI=1S/C15H15ClN4O/c1-21-15-8-11(3-7-18-15)10-20-13-4-6-17-9-12(13)19-14(20)2-5-16/h3-4,6-9H,2,5,10H2,1H3. The van der Waals surface area contributed by atoms with Gasteiger partial charge in [0, 0.05) is 37.3 Å². The molecule has 108 valence electrons. The van der Waals surface area contributed by atoms with Gasteiger partial charge in [0.1, 0.15) is 11.3 Å². The number of hydrogen-bond donors (Lipinski definition) is 0. The molecule has 0 aliphatic carbocycles. The fourth-order valence-corrected chi connectivity index (χ4v) is 2.50. The topological polar surface area (TPSA) is 52.8 Å². The monoisotopic (exact) mass is 302 g/mol. The van der Waals surface area contributed by atoms with Crippen molar-refractivity contribution in [2.75, 3.05) is 13.0 Å². The number of nitrogens with zero attached hydrogens (tertiary/aromatic N) is 4. The Bertz CT molecular complexity index is 756. The summed E-state index contributed by atoms with van der Waals surface area (Å²) >= 11 is 5.89. The van der Waals surface area contributed by atoms with E-state index >= 15 is 0 Å². The van der Waals surface area contributed by atoms with Crippen LogP contribution in [0.1, 0.15) is 11.4 Å². The van der Waals surface area contributed by atoms with Crippen molar-refractivity contribution in [3.05, 3.63) is 48.2 Å². The molecule has 0 amide bonds. The van der Waals surface area contributed by atoms with Gasteiger partial charge in [-0.1, -0.05) is 0 Å². The third-order valence-electron chi connectivity index (χ3n) is 3.30. The van der Waals surface area contributed by atoms with Crippen LogP contribution in [-0.4, -0.2) is 32.5 Å². The van der Waals surface area contributed by atoms with E-state index in [0.717, 1.165) is 28.8 Å². The first-order chi connectivity index (χ1) is 10.3. The van der Waals surface area contributed by atoms with Crippen LogP contribution in [0.4, 0.5) is 0 Å². The predicted molar refractivity (Wildman–Crippen MR) is 81.8 cm³/mol. The van der Waals surface area contributed by atoms with E-state index in [1.165, 1.54) is 0 Å². The van der Waals surface area contributed by atoms with Gasteiger partial charge in [-0.05, 0) is 17.7 Å². The quantitative estimate of drug-likeness (QED) is 0.680. The third-order valence-corrected chi connectivity index (χ3v) is 3.49. The van der Waals surface area contributed by atoms with Crippen molar-refractivity contribution in [2.45, 2.75) is 13.0 Å². The number of rotatable bonds is 5. The lowest BCUT2D eigenvalue weighted by molar-refractivity contribution is 0.397. The van der Waals surface area contributed by atoms with Crippen molar-refractivity contribution in [3.8, 4) is 5.88 Å². The molecule has 0 aliphatic rings. The Morgan fingerprint density at radius 1 is 1.29 bits per heavy atom. The van der Waals surface area contributed by atoms with E-state index in [4.69, 9.17) is 16.3 Å². The number of aromatic nitrogens is 4. The fraction of sp³-hybridized carbons (Fsp3) is 0.267. The first kappa shape index (κ1) is 13.8. The minimum atomic E-state index is 0.538. The number of alkyl halides is 1. The van der Waals surface area contributed by atoms with Gasteiger partial charge in [-0.3, -0.25) is 4.98 Å². The molecule has 0 saturated heterocycles. The Morgan fingerprint density at radius 2 is 2.19 bits per heavy atom. The Balaban J connectivity index is 2.03. The van der Waals surface area contributed by atoms with Crippen LogP contribution < -0.4 is 4.74 Å². The van der Waals surface area contributed by atoms with Crippen molar-refractivity contribution in [2.24, 2.45) is 0 Å². The number of methoxy groups -OCH3 is 1. The van der Waals surface area contributed by atoms with Crippen molar-refractivity contribution in [1.82, 2.24) is 19.5 Å². The highest BCUT2D eigenvalue weighted by Crippen LogP contribution is 2.19. The zero-order chi connectivity index (χ0) is 14.7. The van der Waals surface area contributed by atoms with Gasteiger partial charge in [-0.2, -0.15) is 0 Å². The maximum Gasteiger partial charge on any atom is 0.213 e. The lowest BCUT2D eigenvalue weighted by Gasteiger charge is -2.09. The van der Waals surface area contributed by atoms with Gasteiger partial charge in [-0.25, -0.2) is 9.97 Å².